The second kappa shape index (κ2) is 10.8. The summed E-state index contributed by atoms with van der Waals surface area (Å²) in [7, 11) is 0. The molecule has 4 rings (SSSR count). The van der Waals surface area contributed by atoms with Gasteiger partial charge in [0.15, 0.2) is 5.69 Å². The summed E-state index contributed by atoms with van der Waals surface area (Å²) < 4.78 is 6.00. The van der Waals surface area contributed by atoms with Gasteiger partial charge in [0.1, 0.15) is 0 Å². The van der Waals surface area contributed by atoms with E-state index in [0.29, 0.717) is 16.5 Å². The first kappa shape index (κ1) is 23.2. The quantitative estimate of drug-likeness (QED) is 0.213. The number of nitrogens with one attached hydrogen (secondary N) is 1. The highest BCUT2D eigenvalue weighted by Gasteiger charge is 2.24. The largest absolute Gasteiger partial charge is 0.378 e. The molecule has 0 saturated heterocycles. The number of carbonyl (C=O) groups excluding carboxylic acids is 1. The Balaban J connectivity index is 1.53. The summed E-state index contributed by atoms with van der Waals surface area (Å²) in [4.78, 5) is 13.8. The van der Waals surface area contributed by atoms with Gasteiger partial charge in [0, 0.05) is 15.7 Å². The van der Waals surface area contributed by atoms with Crippen LogP contribution in [0.25, 0.3) is 11.9 Å². The third-order valence-corrected chi connectivity index (χ3v) is 5.77. The smallest absolute Gasteiger partial charge is 0.293 e. The van der Waals surface area contributed by atoms with Crippen molar-refractivity contribution in [3.8, 4) is 5.82 Å². The van der Waals surface area contributed by atoms with Crippen LogP contribution >= 0.6 is 23.4 Å². The molecule has 2 heterocycles. The normalized spacial score (nSPS) is 11.8. The minimum absolute atomic E-state index is 0.0225. The Morgan fingerprint density at radius 2 is 1.97 bits per heavy atom. The number of amides is 1. The number of thioether (sulfide) groups is 1. The molecule has 0 atom stereocenters. The molecule has 3 N–H and O–H groups in total. The Kier molecular flexibility index (Phi) is 7.35. The molecule has 1 amide bonds. The summed E-state index contributed by atoms with van der Waals surface area (Å²) in [6.07, 6.45) is 3.50. The number of anilines is 1. The highest BCUT2D eigenvalue weighted by atomic mass is 35.5. The Morgan fingerprint density at radius 1 is 1.21 bits per heavy atom. The fraction of sp³-hybridized carbons (Fsp3) is 0.0909. The first-order valence-electron chi connectivity index (χ1n) is 9.99. The number of halogens is 1. The van der Waals surface area contributed by atoms with E-state index in [-0.39, 0.29) is 17.3 Å². The van der Waals surface area contributed by atoms with E-state index in [1.165, 1.54) is 16.4 Å². The van der Waals surface area contributed by atoms with E-state index in [0.717, 1.165) is 16.0 Å². The van der Waals surface area contributed by atoms with Crippen molar-refractivity contribution in [1.29, 1.82) is 0 Å². The second-order valence-corrected chi connectivity index (χ2v) is 8.50. The monoisotopic (exact) mass is 494 g/mol. The highest BCUT2D eigenvalue weighted by molar-refractivity contribution is 7.98. The molecule has 12 heteroatoms. The zero-order valence-electron chi connectivity index (χ0n) is 17.9. The van der Waals surface area contributed by atoms with Gasteiger partial charge in [-0.2, -0.15) is 9.78 Å². The molecule has 0 fully saturated rings. The van der Waals surface area contributed by atoms with E-state index in [1.807, 2.05) is 55.5 Å². The lowest BCUT2D eigenvalue weighted by molar-refractivity contribution is 0.0949. The second-order valence-electron chi connectivity index (χ2n) is 7.01. The van der Waals surface area contributed by atoms with Crippen molar-refractivity contribution in [3.05, 3.63) is 82.1 Å². The number of benzene rings is 2. The number of nitrogens with zero attached hydrogens (tertiary/aromatic N) is 6. The van der Waals surface area contributed by atoms with Crippen molar-refractivity contribution in [2.45, 2.75) is 17.6 Å². The van der Waals surface area contributed by atoms with Crippen LogP contribution in [0.5, 0.6) is 0 Å². The van der Waals surface area contributed by atoms with Gasteiger partial charge in [-0.25, -0.2) is 10.1 Å². The first-order valence-corrected chi connectivity index (χ1v) is 11.4. The number of rotatable bonds is 8. The van der Waals surface area contributed by atoms with Gasteiger partial charge >= 0.3 is 0 Å². The van der Waals surface area contributed by atoms with Gasteiger partial charge in [0.2, 0.25) is 11.6 Å². The molecular weight excluding hydrogens is 476 g/mol. The predicted octanol–water partition coefficient (Wildman–Crippen LogP) is 4.00. The molecule has 10 nitrogen and oxygen atoms in total. The Hall–Kier alpha value is -3.96. The van der Waals surface area contributed by atoms with Crippen LogP contribution in [0.4, 0.5) is 5.82 Å². The zero-order valence-corrected chi connectivity index (χ0v) is 19.5. The van der Waals surface area contributed by atoms with Gasteiger partial charge in [-0.05, 0) is 52.6 Å². The molecular formula is C22H19ClN8O2S. The average Bonchev–Trinajstić information content (AvgIpc) is 3.45. The third-order valence-electron chi connectivity index (χ3n) is 4.49. The Bertz CT molecular complexity index is 1330. The standard InChI is InChI=1S/C22H19ClN8O2S/c1-14(11-15-5-3-2-4-6-15)12-25-27-22(32)19-18(13-34-17-9-7-16(23)8-10-17)31(30-26-19)21-20(24)28-33-29-21/h2-12H,13H2,1H3,(H2,24,28)(H,27,32). The number of carbonyl (C=O) groups is 1. The van der Waals surface area contributed by atoms with Crippen molar-refractivity contribution in [1.82, 2.24) is 30.7 Å². The van der Waals surface area contributed by atoms with Gasteiger partial charge in [-0.15, -0.1) is 16.9 Å². The SMILES string of the molecule is CC(C=NNC(=O)c1nnn(-c2nonc2N)c1CSc1ccc(Cl)cc1)=Cc1ccccc1. The van der Waals surface area contributed by atoms with Crippen LogP contribution in [0.3, 0.4) is 0 Å². The van der Waals surface area contributed by atoms with E-state index in [2.05, 4.69) is 35.8 Å². The summed E-state index contributed by atoms with van der Waals surface area (Å²) in [6, 6.07) is 17.1. The van der Waals surface area contributed by atoms with Crippen molar-refractivity contribution in [2.24, 2.45) is 5.10 Å². The fourth-order valence-electron chi connectivity index (χ4n) is 2.89. The van der Waals surface area contributed by atoms with Gasteiger partial charge in [0.25, 0.3) is 5.91 Å². The number of hydrogen-bond donors (Lipinski definition) is 2. The van der Waals surface area contributed by atoms with E-state index < -0.39 is 5.91 Å². The molecule has 0 unspecified atom stereocenters. The number of nitrogens with two attached hydrogens (primary N) is 1. The van der Waals surface area contributed by atoms with E-state index in [1.54, 1.807) is 18.3 Å². The summed E-state index contributed by atoms with van der Waals surface area (Å²) in [5, 5.41) is 20.1. The summed E-state index contributed by atoms with van der Waals surface area (Å²) in [6.45, 7) is 1.88. The molecule has 4 aromatic rings. The predicted molar refractivity (Wildman–Crippen MR) is 131 cm³/mol. The van der Waals surface area contributed by atoms with Crippen molar-refractivity contribution < 1.29 is 9.42 Å². The summed E-state index contributed by atoms with van der Waals surface area (Å²) in [5.74, 6) is -0.0326. The van der Waals surface area contributed by atoms with E-state index in [9.17, 15) is 4.79 Å². The summed E-state index contributed by atoms with van der Waals surface area (Å²) >= 11 is 7.42. The third kappa shape index (κ3) is 5.69. The first-order chi connectivity index (χ1) is 16.5. The van der Waals surface area contributed by atoms with Crippen LogP contribution in [0, 0.1) is 0 Å². The van der Waals surface area contributed by atoms with Crippen LogP contribution in [0.1, 0.15) is 28.7 Å². The number of nitrogen functional groups attached to an aromatic ring is 1. The van der Waals surface area contributed by atoms with Crippen LogP contribution in [0.2, 0.25) is 5.02 Å². The van der Waals surface area contributed by atoms with Crippen LogP contribution < -0.4 is 11.2 Å². The molecule has 0 radical (unpaired) electrons. The molecule has 0 saturated carbocycles. The molecule has 2 aromatic heterocycles. The zero-order chi connectivity index (χ0) is 23.9. The molecule has 34 heavy (non-hydrogen) atoms. The maximum atomic E-state index is 12.9. The highest BCUT2D eigenvalue weighted by Crippen LogP contribution is 2.27. The van der Waals surface area contributed by atoms with Crippen LogP contribution in [-0.2, 0) is 5.75 Å². The molecule has 0 aliphatic rings. The molecule has 2 aromatic carbocycles. The molecule has 0 aliphatic heterocycles. The van der Waals surface area contributed by atoms with Gasteiger partial charge in [-0.3, -0.25) is 4.79 Å². The number of aromatic nitrogens is 5. The van der Waals surface area contributed by atoms with Crippen LogP contribution in [0.15, 0.2) is 74.8 Å². The van der Waals surface area contributed by atoms with Gasteiger partial charge in [-0.1, -0.05) is 53.2 Å². The summed E-state index contributed by atoms with van der Waals surface area (Å²) in [5.41, 5.74) is 10.7. The minimum atomic E-state index is -0.531. The molecule has 0 aliphatic carbocycles. The fourth-order valence-corrected chi connectivity index (χ4v) is 3.91. The van der Waals surface area contributed by atoms with Gasteiger partial charge < -0.3 is 5.73 Å². The van der Waals surface area contributed by atoms with E-state index >= 15 is 0 Å². The molecule has 172 valence electrons. The number of allylic oxidation sites excluding steroid dienone is 1. The lowest BCUT2D eigenvalue weighted by Gasteiger charge is -2.06. The number of hydrazone groups is 1. The van der Waals surface area contributed by atoms with Gasteiger partial charge in [0.05, 0.1) is 11.9 Å². The lowest BCUT2D eigenvalue weighted by atomic mass is 10.1. The number of hydrogen-bond acceptors (Lipinski definition) is 9. The average molecular weight is 495 g/mol. The van der Waals surface area contributed by atoms with E-state index in [4.69, 9.17) is 17.3 Å². The Morgan fingerprint density at radius 3 is 2.68 bits per heavy atom. The molecule has 0 bridgehead atoms. The topological polar surface area (TPSA) is 137 Å². The maximum absolute atomic E-state index is 12.9. The van der Waals surface area contributed by atoms with Crippen molar-refractivity contribution >= 4 is 47.4 Å². The Labute approximate surface area is 203 Å². The van der Waals surface area contributed by atoms with Crippen LogP contribution in [-0.4, -0.2) is 37.4 Å². The van der Waals surface area contributed by atoms with Crippen molar-refractivity contribution in [3.63, 3.8) is 0 Å². The molecule has 0 spiro atoms. The lowest BCUT2D eigenvalue weighted by Crippen LogP contribution is -2.20. The minimum Gasteiger partial charge on any atom is -0.378 e. The maximum Gasteiger partial charge on any atom is 0.293 e. The van der Waals surface area contributed by atoms with Crippen molar-refractivity contribution in [2.75, 3.05) is 5.73 Å².